The Balaban J connectivity index is 3.60. The molecule has 1 rings (SSSR count). The van der Waals surface area contributed by atoms with Gasteiger partial charge < -0.3 is 18.1 Å². The van der Waals surface area contributed by atoms with Gasteiger partial charge in [0.15, 0.2) is 0 Å². The molecule has 9 heteroatoms. The van der Waals surface area contributed by atoms with E-state index >= 15 is 0 Å². The molecule has 0 saturated carbocycles. The Labute approximate surface area is 93.6 Å². The molecular formula is C8H6BF3N3O2-. The zero-order valence-electron chi connectivity index (χ0n) is 8.56. The monoisotopic (exact) mass is 244 g/mol. The summed E-state index contributed by atoms with van der Waals surface area (Å²) in [7, 11) is 0. The Kier molecular flexibility index (Phi) is 3.33. The molecule has 0 heterocycles. The zero-order valence-corrected chi connectivity index (χ0v) is 8.56. The largest absolute Gasteiger partial charge is 0.509 e. The highest BCUT2D eigenvalue weighted by Gasteiger charge is 2.29. The van der Waals surface area contributed by atoms with Crippen molar-refractivity contribution in [1.29, 1.82) is 0 Å². The minimum atomic E-state index is -5.36. The van der Waals surface area contributed by atoms with Gasteiger partial charge in [0.1, 0.15) is 0 Å². The van der Waals surface area contributed by atoms with Crippen LogP contribution in [0.5, 0.6) is 0 Å². The van der Waals surface area contributed by atoms with E-state index in [1.54, 1.807) is 0 Å². The molecule has 1 N–H and O–H groups in total. The summed E-state index contributed by atoms with van der Waals surface area (Å²) in [5.41, 5.74) is 5.80. The van der Waals surface area contributed by atoms with Crippen LogP contribution in [0.25, 0.3) is 10.4 Å². The van der Waals surface area contributed by atoms with Crippen LogP contribution >= 0.6 is 0 Å². The molecule has 0 aliphatic heterocycles. The molecule has 0 amide bonds. The van der Waals surface area contributed by atoms with Gasteiger partial charge in [0.05, 0.1) is 5.56 Å². The fraction of sp³-hybridized carbons (Fsp3) is 0.125. The van der Waals surface area contributed by atoms with Crippen molar-refractivity contribution in [2.24, 2.45) is 5.11 Å². The van der Waals surface area contributed by atoms with Crippen molar-refractivity contribution in [3.05, 3.63) is 33.7 Å². The van der Waals surface area contributed by atoms with Gasteiger partial charge in [-0.25, -0.2) is 4.79 Å². The van der Waals surface area contributed by atoms with E-state index in [0.717, 1.165) is 13.0 Å². The summed E-state index contributed by atoms with van der Waals surface area (Å²) in [5.74, 6) is -1.50. The Morgan fingerprint density at radius 3 is 2.47 bits per heavy atom. The molecule has 0 aromatic heterocycles. The van der Waals surface area contributed by atoms with Crippen LogP contribution in [0.1, 0.15) is 15.9 Å². The van der Waals surface area contributed by atoms with Crippen LogP contribution in [0.4, 0.5) is 18.6 Å². The van der Waals surface area contributed by atoms with Crippen molar-refractivity contribution < 1.29 is 22.8 Å². The van der Waals surface area contributed by atoms with Crippen LogP contribution in [0.15, 0.2) is 17.2 Å². The molecule has 0 atom stereocenters. The normalized spacial score (nSPS) is 10.8. The van der Waals surface area contributed by atoms with E-state index in [-0.39, 0.29) is 11.3 Å². The first kappa shape index (κ1) is 12.9. The van der Waals surface area contributed by atoms with Gasteiger partial charge in [0.2, 0.25) is 0 Å². The summed E-state index contributed by atoms with van der Waals surface area (Å²) < 4.78 is 37.9. The highest BCUT2D eigenvalue weighted by Crippen LogP contribution is 2.21. The Bertz CT molecular complexity index is 523. The standard InChI is InChI=1S/C8H6BF3N3O2/c1-4-6(8(16)17)2-5(14-15-13)3-7(4)9(10,11)12/h2-3H,1H3,(H,16,17)/q-1. The van der Waals surface area contributed by atoms with Crippen molar-refractivity contribution in [2.75, 3.05) is 0 Å². The molecule has 0 radical (unpaired) electrons. The van der Waals surface area contributed by atoms with Crippen molar-refractivity contribution >= 4 is 24.1 Å². The number of azide groups is 1. The lowest BCUT2D eigenvalue weighted by molar-refractivity contribution is 0.0696. The SMILES string of the molecule is Cc1c(C(=O)O)cc(N=[N+]=[N-])cc1[B-](F)(F)F. The first-order chi connectivity index (χ1) is 7.77. The zero-order chi connectivity index (χ0) is 13.2. The van der Waals surface area contributed by atoms with Gasteiger partial charge in [-0.05, 0) is 18.5 Å². The summed E-state index contributed by atoms with van der Waals surface area (Å²) in [6.07, 6.45) is 0. The number of halogens is 3. The number of carboxylic acids is 1. The summed E-state index contributed by atoms with van der Waals surface area (Å²) >= 11 is 0. The first-order valence-electron chi connectivity index (χ1n) is 4.40. The molecular weight excluding hydrogens is 238 g/mol. The molecule has 5 nitrogen and oxygen atoms in total. The highest BCUT2D eigenvalue weighted by molar-refractivity contribution is 6.74. The fourth-order valence-corrected chi connectivity index (χ4v) is 1.39. The van der Waals surface area contributed by atoms with E-state index in [4.69, 9.17) is 10.6 Å². The predicted octanol–water partition coefficient (Wildman–Crippen LogP) is 2.69. The van der Waals surface area contributed by atoms with Gasteiger partial charge in [-0.2, -0.15) is 0 Å². The average molecular weight is 244 g/mol. The van der Waals surface area contributed by atoms with E-state index in [9.17, 15) is 17.7 Å². The van der Waals surface area contributed by atoms with E-state index in [2.05, 4.69) is 10.0 Å². The minimum absolute atomic E-state index is 0.371. The maximum atomic E-state index is 12.6. The number of hydrogen-bond donors (Lipinski definition) is 1. The second kappa shape index (κ2) is 4.38. The summed E-state index contributed by atoms with van der Waals surface area (Å²) in [4.78, 5) is 13.1. The molecule has 0 aliphatic carbocycles. The molecule has 17 heavy (non-hydrogen) atoms. The maximum Gasteiger partial charge on any atom is 0.509 e. The maximum absolute atomic E-state index is 12.6. The molecule has 1 aromatic carbocycles. The molecule has 90 valence electrons. The summed E-state index contributed by atoms with van der Waals surface area (Å²) in [6.45, 7) is -4.29. The second-order valence-electron chi connectivity index (χ2n) is 3.28. The van der Waals surface area contributed by atoms with Crippen LogP contribution in [0.2, 0.25) is 0 Å². The summed E-state index contributed by atoms with van der Waals surface area (Å²) in [6, 6.07) is 1.55. The van der Waals surface area contributed by atoms with Crippen LogP contribution in [-0.4, -0.2) is 18.1 Å². The van der Waals surface area contributed by atoms with Gasteiger partial charge >= 0.3 is 12.9 Å². The number of benzene rings is 1. The number of nitrogens with zero attached hydrogens (tertiary/aromatic N) is 3. The molecule has 0 unspecified atom stereocenters. The third-order valence-electron chi connectivity index (χ3n) is 2.18. The number of carbonyl (C=O) groups is 1. The van der Waals surface area contributed by atoms with E-state index < -0.39 is 24.0 Å². The Morgan fingerprint density at radius 1 is 1.47 bits per heavy atom. The van der Waals surface area contributed by atoms with Gasteiger partial charge in [0.25, 0.3) is 0 Å². The second-order valence-corrected chi connectivity index (χ2v) is 3.28. The van der Waals surface area contributed by atoms with Gasteiger partial charge in [0, 0.05) is 10.6 Å². The van der Waals surface area contributed by atoms with E-state index in [1.165, 1.54) is 0 Å². The quantitative estimate of drug-likeness (QED) is 0.383. The van der Waals surface area contributed by atoms with Gasteiger partial charge in [-0.1, -0.05) is 16.7 Å². The number of hydrogen-bond acceptors (Lipinski definition) is 2. The van der Waals surface area contributed by atoms with E-state index in [1.807, 2.05) is 0 Å². The van der Waals surface area contributed by atoms with Crippen LogP contribution < -0.4 is 5.46 Å². The smallest absolute Gasteiger partial charge is 0.478 e. The highest BCUT2D eigenvalue weighted by atomic mass is 19.4. The topological polar surface area (TPSA) is 86.1 Å². The van der Waals surface area contributed by atoms with Crippen molar-refractivity contribution in [3.8, 4) is 0 Å². The first-order valence-corrected chi connectivity index (χ1v) is 4.40. The van der Waals surface area contributed by atoms with E-state index in [0.29, 0.717) is 6.07 Å². The number of rotatable bonds is 3. The predicted molar refractivity (Wildman–Crippen MR) is 55.7 cm³/mol. The molecule has 0 aliphatic rings. The molecule has 0 fully saturated rings. The van der Waals surface area contributed by atoms with Crippen LogP contribution in [0, 0.1) is 6.92 Å². The third kappa shape index (κ3) is 2.70. The lowest BCUT2D eigenvalue weighted by Crippen LogP contribution is -2.37. The summed E-state index contributed by atoms with van der Waals surface area (Å²) in [5, 5.41) is 11.7. The van der Waals surface area contributed by atoms with Crippen molar-refractivity contribution in [3.63, 3.8) is 0 Å². The lowest BCUT2D eigenvalue weighted by atomic mass is 9.75. The molecule has 1 aromatic rings. The Hall–Kier alpha value is -2.15. The number of carboxylic acid groups (broad SMARTS) is 1. The molecule has 0 bridgehead atoms. The fourth-order valence-electron chi connectivity index (χ4n) is 1.39. The Morgan fingerprint density at radius 2 is 2.06 bits per heavy atom. The average Bonchev–Trinajstić information content (AvgIpc) is 2.18. The lowest BCUT2D eigenvalue weighted by Gasteiger charge is -2.19. The molecule has 0 saturated heterocycles. The molecule has 0 spiro atoms. The van der Waals surface area contributed by atoms with Gasteiger partial charge in [-0.3, -0.25) is 0 Å². The van der Waals surface area contributed by atoms with Crippen molar-refractivity contribution in [1.82, 2.24) is 0 Å². The third-order valence-corrected chi connectivity index (χ3v) is 2.18. The number of aromatic carboxylic acids is 1. The van der Waals surface area contributed by atoms with Crippen LogP contribution in [-0.2, 0) is 0 Å². The minimum Gasteiger partial charge on any atom is -0.478 e. The van der Waals surface area contributed by atoms with Crippen molar-refractivity contribution in [2.45, 2.75) is 6.92 Å². The van der Waals surface area contributed by atoms with Crippen LogP contribution in [0.3, 0.4) is 0 Å². The van der Waals surface area contributed by atoms with Gasteiger partial charge in [-0.15, -0.1) is 5.46 Å².